The second-order valence-corrected chi connectivity index (χ2v) is 4.96. The summed E-state index contributed by atoms with van der Waals surface area (Å²) in [7, 11) is 0. The van der Waals surface area contributed by atoms with Gasteiger partial charge in [0.05, 0.1) is 0 Å². The fourth-order valence-corrected chi connectivity index (χ4v) is 1.87. The lowest BCUT2D eigenvalue weighted by molar-refractivity contribution is -0.132. The molecule has 1 amide bonds. The molecule has 0 saturated carbocycles. The number of carboxylic acid groups (broad SMARTS) is 1. The van der Waals surface area contributed by atoms with Crippen molar-refractivity contribution in [1.29, 1.82) is 0 Å². The van der Waals surface area contributed by atoms with E-state index in [0.29, 0.717) is 13.1 Å². The van der Waals surface area contributed by atoms with E-state index in [0.717, 1.165) is 11.1 Å². The van der Waals surface area contributed by atoms with Crippen molar-refractivity contribution in [3.63, 3.8) is 0 Å². The molecule has 0 atom stereocenters. The van der Waals surface area contributed by atoms with Crippen LogP contribution in [0.15, 0.2) is 30.4 Å². The van der Waals surface area contributed by atoms with Gasteiger partial charge in [-0.3, -0.25) is 4.79 Å². The maximum Gasteiger partial charge on any atom is 0.339 e. The number of likely N-dealkylation sites (N-methyl/N-ethyl adjacent to an activating group) is 1. The van der Waals surface area contributed by atoms with Gasteiger partial charge in [-0.25, -0.2) is 4.79 Å². The molecular weight excluding hydrogens is 270 g/mol. The SMILES string of the molecule is C=C(C)CN(CC)C(=O)COc1ccc(C)cc1C(=O)O. The van der Waals surface area contributed by atoms with E-state index in [9.17, 15) is 9.59 Å². The Labute approximate surface area is 124 Å². The van der Waals surface area contributed by atoms with E-state index in [4.69, 9.17) is 9.84 Å². The number of nitrogens with zero attached hydrogens (tertiary/aromatic N) is 1. The number of carbonyl (C=O) groups excluding carboxylic acids is 1. The lowest BCUT2D eigenvalue weighted by Crippen LogP contribution is -2.36. The third kappa shape index (κ3) is 4.95. The third-order valence-electron chi connectivity index (χ3n) is 2.91. The number of benzene rings is 1. The van der Waals surface area contributed by atoms with Gasteiger partial charge in [-0.05, 0) is 32.9 Å². The van der Waals surface area contributed by atoms with Gasteiger partial charge in [-0.15, -0.1) is 0 Å². The molecule has 0 saturated heterocycles. The molecule has 0 unspecified atom stereocenters. The summed E-state index contributed by atoms with van der Waals surface area (Å²) in [6.45, 7) is 10.1. The molecule has 0 spiro atoms. The van der Waals surface area contributed by atoms with Crippen molar-refractivity contribution in [3.8, 4) is 5.75 Å². The zero-order valence-electron chi connectivity index (χ0n) is 12.7. The van der Waals surface area contributed by atoms with Crippen LogP contribution < -0.4 is 4.74 Å². The molecule has 0 fully saturated rings. The quantitative estimate of drug-likeness (QED) is 0.784. The maximum atomic E-state index is 12.0. The van der Waals surface area contributed by atoms with Gasteiger partial charge < -0.3 is 14.7 Å². The molecule has 0 aromatic heterocycles. The van der Waals surface area contributed by atoms with E-state index < -0.39 is 5.97 Å². The molecule has 0 aliphatic rings. The van der Waals surface area contributed by atoms with E-state index in [1.807, 2.05) is 13.8 Å². The summed E-state index contributed by atoms with van der Waals surface area (Å²) in [5.74, 6) is -1.07. The van der Waals surface area contributed by atoms with Crippen molar-refractivity contribution in [2.24, 2.45) is 0 Å². The standard InChI is InChI=1S/C16H21NO4/c1-5-17(9-11(2)3)15(18)10-21-14-7-6-12(4)8-13(14)16(19)20/h6-8H,2,5,9-10H2,1,3-4H3,(H,19,20). The maximum absolute atomic E-state index is 12.0. The van der Waals surface area contributed by atoms with Crippen molar-refractivity contribution in [3.05, 3.63) is 41.5 Å². The summed E-state index contributed by atoms with van der Waals surface area (Å²) >= 11 is 0. The van der Waals surface area contributed by atoms with Gasteiger partial charge in [0.25, 0.3) is 5.91 Å². The molecule has 5 heteroatoms. The molecule has 1 aromatic carbocycles. The highest BCUT2D eigenvalue weighted by molar-refractivity contribution is 5.91. The first-order valence-corrected chi connectivity index (χ1v) is 6.74. The van der Waals surface area contributed by atoms with E-state index in [1.54, 1.807) is 24.0 Å². The minimum atomic E-state index is -1.07. The highest BCUT2D eigenvalue weighted by Gasteiger charge is 2.16. The molecule has 0 aliphatic heterocycles. The topological polar surface area (TPSA) is 66.8 Å². The molecule has 0 radical (unpaired) electrons. The summed E-state index contributed by atoms with van der Waals surface area (Å²) in [4.78, 5) is 24.8. The molecular formula is C16H21NO4. The average molecular weight is 291 g/mol. The number of aryl methyl sites for hydroxylation is 1. The highest BCUT2D eigenvalue weighted by atomic mass is 16.5. The van der Waals surface area contributed by atoms with Crippen LogP contribution in [0, 0.1) is 6.92 Å². The van der Waals surface area contributed by atoms with Crippen LogP contribution in [0.25, 0.3) is 0 Å². The fourth-order valence-electron chi connectivity index (χ4n) is 1.87. The second-order valence-electron chi connectivity index (χ2n) is 4.96. The van der Waals surface area contributed by atoms with Crippen LogP contribution in [0.4, 0.5) is 0 Å². The largest absolute Gasteiger partial charge is 0.483 e. The van der Waals surface area contributed by atoms with Crippen molar-refractivity contribution in [2.45, 2.75) is 20.8 Å². The molecule has 1 rings (SSSR count). The van der Waals surface area contributed by atoms with E-state index >= 15 is 0 Å². The van der Waals surface area contributed by atoms with Gasteiger partial charge in [0.15, 0.2) is 6.61 Å². The number of rotatable bonds is 7. The minimum Gasteiger partial charge on any atom is -0.483 e. The summed E-state index contributed by atoms with van der Waals surface area (Å²) in [6, 6.07) is 4.84. The van der Waals surface area contributed by atoms with Crippen molar-refractivity contribution in [1.82, 2.24) is 4.90 Å². The van der Waals surface area contributed by atoms with Gasteiger partial charge in [-0.2, -0.15) is 0 Å². The molecule has 0 aliphatic carbocycles. The molecule has 1 N–H and O–H groups in total. The molecule has 0 bridgehead atoms. The van der Waals surface area contributed by atoms with Crippen LogP contribution in [0.3, 0.4) is 0 Å². The van der Waals surface area contributed by atoms with Crippen molar-refractivity contribution in [2.75, 3.05) is 19.7 Å². The van der Waals surface area contributed by atoms with Crippen molar-refractivity contribution >= 4 is 11.9 Å². The number of hydrogen-bond donors (Lipinski definition) is 1. The normalized spacial score (nSPS) is 10.0. The first kappa shape index (κ1) is 16.8. The number of aromatic carboxylic acids is 1. The van der Waals surface area contributed by atoms with Gasteiger partial charge in [0, 0.05) is 13.1 Å². The number of carbonyl (C=O) groups is 2. The number of carboxylic acids is 1. The first-order valence-electron chi connectivity index (χ1n) is 6.74. The monoisotopic (exact) mass is 291 g/mol. The van der Waals surface area contributed by atoms with Crippen LogP contribution in [0.5, 0.6) is 5.75 Å². The predicted molar refractivity (Wildman–Crippen MR) is 80.7 cm³/mol. The lowest BCUT2D eigenvalue weighted by Gasteiger charge is -2.21. The Morgan fingerprint density at radius 3 is 2.57 bits per heavy atom. The van der Waals surface area contributed by atoms with Crippen LogP contribution >= 0.6 is 0 Å². The van der Waals surface area contributed by atoms with Crippen LogP contribution in [-0.2, 0) is 4.79 Å². The molecule has 5 nitrogen and oxygen atoms in total. The van der Waals surface area contributed by atoms with Gasteiger partial charge in [0.1, 0.15) is 11.3 Å². The third-order valence-corrected chi connectivity index (χ3v) is 2.91. The Balaban J connectivity index is 2.77. The first-order chi connectivity index (χ1) is 9.85. The molecule has 21 heavy (non-hydrogen) atoms. The van der Waals surface area contributed by atoms with Crippen LogP contribution in [0.1, 0.15) is 29.8 Å². The van der Waals surface area contributed by atoms with Crippen molar-refractivity contribution < 1.29 is 19.4 Å². The zero-order chi connectivity index (χ0) is 16.0. The Morgan fingerprint density at radius 1 is 1.38 bits per heavy atom. The Hall–Kier alpha value is -2.30. The smallest absolute Gasteiger partial charge is 0.339 e. The summed E-state index contributed by atoms with van der Waals surface area (Å²) in [6.07, 6.45) is 0. The summed E-state index contributed by atoms with van der Waals surface area (Å²) in [5, 5.41) is 9.14. The van der Waals surface area contributed by atoms with E-state index in [2.05, 4.69) is 6.58 Å². The van der Waals surface area contributed by atoms with Crippen LogP contribution in [0.2, 0.25) is 0 Å². The number of hydrogen-bond acceptors (Lipinski definition) is 3. The van der Waals surface area contributed by atoms with E-state index in [-0.39, 0.29) is 23.8 Å². The second kappa shape index (κ2) is 7.47. The Bertz CT molecular complexity index is 551. The Kier molecular flexibility index (Phi) is 5.96. The lowest BCUT2D eigenvalue weighted by atomic mass is 10.1. The molecule has 0 heterocycles. The van der Waals surface area contributed by atoms with Gasteiger partial charge in [0.2, 0.25) is 0 Å². The summed E-state index contributed by atoms with van der Waals surface area (Å²) in [5.41, 5.74) is 1.76. The van der Waals surface area contributed by atoms with E-state index in [1.165, 1.54) is 6.07 Å². The summed E-state index contributed by atoms with van der Waals surface area (Å²) < 4.78 is 5.38. The molecule has 114 valence electrons. The van der Waals surface area contributed by atoms with Gasteiger partial charge in [-0.1, -0.05) is 23.8 Å². The van der Waals surface area contributed by atoms with Crippen LogP contribution in [-0.4, -0.2) is 41.6 Å². The van der Waals surface area contributed by atoms with Gasteiger partial charge >= 0.3 is 5.97 Å². The highest BCUT2D eigenvalue weighted by Crippen LogP contribution is 2.20. The minimum absolute atomic E-state index is 0.0609. The Morgan fingerprint density at radius 2 is 2.05 bits per heavy atom. The number of amides is 1. The fraction of sp³-hybridized carbons (Fsp3) is 0.375. The average Bonchev–Trinajstić information content (AvgIpc) is 2.42. The predicted octanol–water partition coefficient (Wildman–Crippen LogP) is 2.50. The zero-order valence-corrected chi connectivity index (χ0v) is 12.7. The number of ether oxygens (including phenoxy) is 1. The molecule has 1 aromatic rings.